The summed E-state index contributed by atoms with van der Waals surface area (Å²) in [6, 6.07) is 4.09. The molecule has 1 aliphatic rings. The number of aromatic nitrogens is 1. The van der Waals surface area contributed by atoms with E-state index < -0.39 is 0 Å². The van der Waals surface area contributed by atoms with Gasteiger partial charge in [-0.05, 0) is 30.0 Å². The monoisotopic (exact) mass is 241 g/mol. The molecule has 0 aliphatic heterocycles. The molecule has 1 heteroatoms. The molecule has 2 rings (SSSR count). The lowest BCUT2D eigenvalue weighted by molar-refractivity contribution is 0.922. The molecule has 0 N–H and O–H groups in total. The molecule has 0 unspecified atom stereocenters. The lowest BCUT2D eigenvalue weighted by Crippen LogP contribution is -1.81. The normalized spacial score (nSPS) is 13.9. The molecular formula is C17H23N. The Labute approximate surface area is 111 Å². The van der Waals surface area contributed by atoms with Gasteiger partial charge in [0.15, 0.2) is 0 Å². The van der Waals surface area contributed by atoms with Gasteiger partial charge in [-0.25, -0.2) is 0 Å². The number of pyridine rings is 1. The van der Waals surface area contributed by atoms with Crippen LogP contribution < -0.4 is 0 Å². The van der Waals surface area contributed by atoms with Crippen molar-refractivity contribution < 1.29 is 0 Å². The Bertz CT molecular complexity index is 424. The van der Waals surface area contributed by atoms with E-state index in [9.17, 15) is 0 Å². The van der Waals surface area contributed by atoms with Crippen LogP contribution in [0, 0.1) is 0 Å². The van der Waals surface area contributed by atoms with Crippen LogP contribution in [-0.2, 0) is 0 Å². The van der Waals surface area contributed by atoms with Gasteiger partial charge in [-0.1, -0.05) is 63.1 Å². The van der Waals surface area contributed by atoms with E-state index in [-0.39, 0.29) is 0 Å². The molecule has 0 saturated carbocycles. The molecule has 1 nitrogen and oxygen atoms in total. The topological polar surface area (TPSA) is 12.9 Å². The standard InChI is InChI=1S/C15H17N.C2H6/c1-2-5-13-6-3-7-14(10-9-13)15-8-4-11-16-12-15;1-2/h4,6-12H,2-3,5H2,1H3;1-2H3. The molecule has 0 bridgehead atoms. The second-order valence-corrected chi connectivity index (χ2v) is 4.00. The molecule has 1 heterocycles. The fraction of sp³-hybridized carbons (Fsp3) is 0.353. The summed E-state index contributed by atoms with van der Waals surface area (Å²) in [5.74, 6) is 0. The third-order valence-corrected chi connectivity index (χ3v) is 2.73. The van der Waals surface area contributed by atoms with E-state index >= 15 is 0 Å². The molecular weight excluding hydrogens is 218 g/mol. The second-order valence-electron chi connectivity index (χ2n) is 4.00. The average Bonchev–Trinajstić information content (AvgIpc) is 2.68. The van der Waals surface area contributed by atoms with Crippen LogP contribution in [0.1, 0.15) is 45.6 Å². The summed E-state index contributed by atoms with van der Waals surface area (Å²) in [6.07, 6.45) is 16.1. The smallest absolute Gasteiger partial charge is 0.0346 e. The summed E-state index contributed by atoms with van der Waals surface area (Å²) >= 11 is 0. The summed E-state index contributed by atoms with van der Waals surface area (Å²) in [4.78, 5) is 4.15. The van der Waals surface area contributed by atoms with Gasteiger partial charge in [0, 0.05) is 12.4 Å². The predicted molar refractivity (Wildman–Crippen MR) is 80.3 cm³/mol. The van der Waals surface area contributed by atoms with Crippen LogP contribution in [0.2, 0.25) is 0 Å². The van der Waals surface area contributed by atoms with Crippen molar-refractivity contribution in [2.45, 2.75) is 40.0 Å². The zero-order valence-electron chi connectivity index (χ0n) is 11.7. The van der Waals surface area contributed by atoms with Crippen LogP contribution >= 0.6 is 0 Å². The van der Waals surface area contributed by atoms with Crippen LogP contribution in [0.5, 0.6) is 0 Å². The highest BCUT2D eigenvalue weighted by molar-refractivity contribution is 5.74. The fourth-order valence-electron chi connectivity index (χ4n) is 1.89. The fourth-order valence-corrected chi connectivity index (χ4v) is 1.89. The van der Waals surface area contributed by atoms with Crippen LogP contribution in [-0.4, -0.2) is 4.98 Å². The highest BCUT2D eigenvalue weighted by Gasteiger charge is 2.00. The zero-order chi connectivity index (χ0) is 13.2. The zero-order valence-corrected chi connectivity index (χ0v) is 11.7. The molecule has 18 heavy (non-hydrogen) atoms. The highest BCUT2D eigenvalue weighted by Crippen LogP contribution is 2.21. The minimum atomic E-state index is 1.02. The molecule has 0 atom stereocenters. The van der Waals surface area contributed by atoms with Crippen LogP contribution in [0.15, 0.2) is 54.4 Å². The van der Waals surface area contributed by atoms with E-state index in [4.69, 9.17) is 0 Å². The molecule has 1 aromatic rings. The van der Waals surface area contributed by atoms with Gasteiger partial charge in [-0.2, -0.15) is 0 Å². The first-order valence-corrected chi connectivity index (χ1v) is 6.88. The van der Waals surface area contributed by atoms with E-state index in [2.05, 4.69) is 42.3 Å². The molecule has 1 aliphatic carbocycles. The molecule has 0 aromatic carbocycles. The minimum absolute atomic E-state index is 1.02. The summed E-state index contributed by atoms with van der Waals surface area (Å²) < 4.78 is 0. The number of nitrogens with zero attached hydrogens (tertiary/aromatic N) is 1. The number of hydrogen-bond acceptors (Lipinski definition) is 1. The van der Waals surface area contributed by atoms with E-state index in [0.717, 1.165) is 6.42 Å². The van der Waals surface area contributed by atoms with Crippen molar-refractivity contribution in [3.8, 4) is 0 Å². The van der Waals surface area contributed by atoms with Crippen molar-refractivity contribution >= 4 is 5.57 Å². The van der Waals surface area contributed by atoms with E-state index in [1.54, 1.807) is 0 Å². The van der Waals surface area contributed by atoms with Crippen molar-refractivity contribution in [3.63, 3.8) is 0 Å². The number of allylic oxidation sites excluding steroid dienone is 6. The predicted octanol–water partition coefficient (Wildman–Crippen LogP) is 5.18. The van der Waals surface area contributed by atoms with Gasteiger partial charge in [0.1, 0.15) is 0 Å². The SMILES string of the molecule is CC.CCCC1=CCC=C(c2cccnc2)C=C1. The Balaban J connectivity index is 0.000000771. The maximum atomic E-state index is 4.15. The molecule has 0 spiro atoms. The van der Waals surface area contributed by atoms with E-state index in [0.29, 0.717) is 0 Å². The molecule has 1 aromatic heterocycles. The number of rotatable bonds is 3. The lowest BCUT2D eigenvalue weighted by atomic mass is 10.1. The number of hydrogen-bond donors (Lipinski definition) is 0. The summed E-state index contributed by atoms with van der Waals surface area (Å²) in [6.45, 7) is 6.22. The molecule has 0 amide bonds. The average molecular weight is 241 g/mol. The third kappa shape index (κ3) is 4.33. The Kier molecular flexibility index (Phi) is 6.78. The van der Waals surface area contributed by atoms with E-state index in [1.807, 2.05) is 32.3 Å². The van der Waals surface area contributed by atoms with Crippen LogP contribution in [0.4, 0.5) is 0 Å². The highest BCUT2D eigenvalue weighted by atomic mass is 14.6. The summed E-state index contributed by atoms with van der Waals surface area (Å²) in [7, 11) is 0. The third-order valence-electron chi connectivity index (χ3n) is 2.73. The first kappa shape index (κ1) is 14.4. The Morgan fingerprint density at radius 1 is 1.17 bits per heavy atom. The van der Waals surface area contributed by atoms with Crippen molar-refractivity contribution in [1.82, 2.24) is 4.98 Å². The minimum Gasteiger partial charge on any atom is -0.264 e. The maximum absolute atomic E-state index is 4.15. The van der Waals surface area contributed by atoms with Gasteiger partial charge < -0.3 is 0 Å². The van der Waals surface area contributed by atoms with Crippen LogP contribution in [0.25, 0.3) is 5.57 Å². The molecule has 96 valence electrons. The van der Waals surface area contributed by atoms with Gasteiger partial charge in [-0.15, -0.1) is 0 Å². The van der Waals surface area contributed by atoms with Crippen molar-refractivity contribution in [3.05, 3.63) is 60.0 Å². The first-order valence-electron chi connectivity index (χ1n) is 6.88. The van der Waals surface area contributed by atoms with E-state index in [1.165, 1.54) is 29.6 Å². The molecule has 0 saturated heterocycles. The Morgan fingerprint density at radius 3 is 2.67 bits per heavy atom. The van der Waals surface area contributed by atoms with Gasteiger partial charge in [-0.3, -0.25) is 4.98 Å². The quantitative estimate of drug-likeness (QED) is 0.710. The second kappa shape index (κ2) is 8.46. The summed E-state index contributed by atoms with van der Waals surface area (Å²) in [5.41, 5.74) is 3.91. The largest absolute Gasteiger partial charge is 0.264 e. The van der Waals surface area contributed by atoms with Crippen LogP contribution in [0.3, 0.4) is 0 Å². The molecule has 0 radical (unpaired) electrons. The van der Waals surface area contributed by atoms with Gasteiger partial charge >= 0.3 is 0 Å². The first-order chi connectivity index (χ1) is 8.90. The van der Waals surface area contributed by atoms with Crippen molar-refractivity contribution in [2.24, 2.45) is 0 Å². The van der Waals surface area contributed by atoms with Gasteiger partial charge in [0.25, 0.3) is 0 Å². The Morgan fingerprint density at radius 2 is 2.00 bits per heavy atom. The Hall–Kier alpha value is -1.63. The maximum Gasteiger partial charge on any atom is 0.0346 e. The summed E-state index contributed by atoms with van der Waals surface area (Å²) in [5, 5.41) is 0. The van der Waals surface area contributed by atoms with Gasteiger partial charge in [0.2, 0.25) is 0 Å². The molecule has 0 fully saturated rings. The lowest BCUT2D eigenvalue weighted by Gasteiger charge is -2.00. The van der Waals surface area contributed by atoms with Crippen molar-refractivity contribution in [1.29, 1.82) is 0 Å². The van der Waals surface area contributed by atoms with Gasteiger partial charge in [0.05, 0.1) is 0 Å². The van der Waals surface area contributed by atoms with Crippen molar-refractivity contribution in [2.75, 3.05) is 0 Å².